The van der Waals surface area contributed by atoms with Crippen LogP contribution < -0.4 is 5.32 Å². The zero-order valence-corrected chi connectivity index (χ0v) is 14.2. The first kappa shape index (κ1) is 16.6. The van der Waals surface area contributed by atoms with Gasteiger partial charge in [0.25, 0.3) is 5.69 Å². The summed E-state index contributed by atoms with van der Waals surface area (Å²) in [5.74, 6) is 0.565. The predicted octanol–water partition coefficient (Wildman–Crippen LogP) is 3.60. The van der Waals surface area contributed by atoms with Crippen LogP contribution in [0.1, 0.15) is 28.7 Å². The van der Waals surface area contributed by atoms with Crippen LogP contribution in [0.5, 0.6) is 0 Å². The minimum atomic E-state index is -0.492. The van der Waals surface area contributed by atoms with Crippen molar-refractivity contribution >= 4 is 28.2 Å². The number of Topliss-reactive ketones (excluding diaryl/α,β-unsaturated/α-hetero) is 1. The SMILES string of the molecule is CC(=O)c1ccc(NCc2nc3cccc(C)c3n2C)c([N+](=O)[O-])c1. The lowest BCUT2D eigenvalue weighted by Gasteiger charge is -2.08. The molecule has 25 heavy (non-hydrogen) atoms. The highest BCUT2D eigenvalue weighted by atomic mass is 16.6. The van der Waals surface area contributed by atoms with E-state index in [-0.39, 0.29) is 11.5 Å². The number of aryl methyl sites for hydroxylation is 2. The Balaban J connectivity index is 1.92. The van der Waals surface area contributed by atoms with Gasteiger partial charge in [0.05, 0.1) is 22.5 Å². The number of benzene rings is 2. The molecule has 1 N–H and O–H groups in total. The fourth-order valence-corrected chi connectivity index (χ4v) is 2.90. The van der Waals surface area contributed by atoms with E-state index in [4.69, 9.17) is 0 Å². The quantitative estimate of drug-likeness (QED) is 0.436. The predicted molar refractivity (Wildman–Crippen MR) is 95.9 cm³/mol. The number of hydrogen-bond acceptors (Lipinski definition) is 5. The molecule has 3 aromatic rings. The summed E-state index contributed by atoms with van der Waals surface area (Å²) in [7, 11) is 1.92. The summed E-state index contributed by atoms with van der Waals surface area (Å²) in [5, 5.41) is 14.4. The van der Waals surface area contributed by atoms with E-state index in [0.717, 1.165) is 22.4 Å². The van der Waals surface area contributed by atoms with Crippen molar-refractivity contribution in [1.82, 2.24) is 9.55 Å². The van der Waals surface area contributed by atoms with Gasteiger partial charge in [-0.25, -0.2) is 4.98 Å². The van der Waals surface area contributed by atoms with E-state index in [9.17, 15) is 14.9 Å². The summed E-state index contributed by atoms with van der Waals surface area (Å²) in [6.07, 6.45) is 0. The topological polar surface area (TPSA) is 90.1 Å². The maximum atomic E-state index is 11.4. The normalized spacial score (nSPS) is 10.8. The molecule has 0 fully saturated rings. The molecule has 0 unspecified atom stereocenters. The third-order valence-electron chi connectivity index (χ3n) is 4.23. The van der Waals surface area contributed by atoms with E-state index >= 15 is 0 Å². The van der Waals surface area contributed by atoms with E-state index in [2.05, 4.69) is 10.3 Å². The second-order valence-electron chi connectivity index (χ2n) is 5.93. The van der Waals surface area contributed by atoms with Crippen LogP contribution in [0.25, 0.3) is 11.0 Å². The Labute approximate surface area is 144 Å². The van der Waals surface area contributed by atoms with Gasteiger partial charge >= 0.3 is 0 Å². The Hall–Kier alpha value is -3.22. The number of ketones is 1. The molecular formula is C18H18N4O3. The molecule has 1 heterocycles. The lowest BCUT2D eigenvalue weighted by molar-refractivity contribution is -0.384. The monoisotopic (exact) mass is 338 g/mol. The Morgan fingerprint density at radius 2 is 2.08 bits per heavy atom. The van der Waals surface area contributed by atoms with E-state index in [1.165, 1.54) is 13.0 Å². The molecular weight excluding hydrogens is 320 g/mol. The summed E-state index contributed by atoms with van der Waals surface area (Å²) < 4.78 is 1.98. The number of nitro benzene ring substituents is 1. The number of rotatable bonds is 5. The van der Waals surface area contributed by atoms with Crippen molar-refractivity contribution in [3.05, 3.63) is 63.5 Å². The van der Waals surface area contributed by atoms with Crippen LogP contribution in [0, 0.1) is 17.0 Å². The standard InChI is InChI=1S/C18H18N4O3/c1-11-5-4-6-15-18(11)21(3)17(20-15)10-19-14-8-7-13(12(2)23)9-16(14)22(24)25/h4-9,19H,10H2,1-3H3. The van der Waals surface area contributed by atoms with Crippen molar-refractivity contribution in [2.24, 2.45) is 7.05 Å². The van der Waals surface area contributed by atoms with Crippen molar-refractivity contribution in [3.8, 4) is 0 Å². The first-order chi connectivity index (χ1) is 11.9. The van der Waals surface area contributed by atoms with E-state index in [0.29, 0.717) is 17.8 Å². The van der Waals surface area contributed by atoms with Crippen molar-refractivity contribution in [1.29, 1.82) is 0 Å². The highest BCUT2D eigenvalue weighted by molar-refractivity contribution is 5.95. The number of anilines is 1. The molecule has 2 aromatic carbocycles. The number of nitrogens with one attached hydrogen (secondary N) is 1. The highest BCUT2D eigenvalue weighted by Crippen LogP contribution is 2.27. The van der Waals surface area contributed by atoms with Gasteiger partial charge in [0.2, 0.25) is 0 Å². The third-order valence-corrected chi connectivity index (χ3v) is 4.23. The summed E-state index contributed by atoms with van der Waals surface area (Å²) in [6, 6.07) is 10.3. The number of para-hydroxylation sites is 1. The van der Waals surface area contributed by atoms with Crippen LogP contribution in [0.3, 0.4) is 0 Å². The smallest absolute Gasteiger partial charge is 0.293 e. The lowest BCUT2D eigenvalue weighted by Crippen LogP contribution is -2.08. The van der Waals surface area contributed by atoms with Gasteiger partial charge in [-0.1, -0.05) is 12.1 Å². The van der Waals surface area contributed by atoms with E-state index in [1.54, 1.807) is 12.1 Å². The molecule has 0 aliphatic heterocycles. The van der Waals surface area contributed by atoms with Crippen LogP contribution in [-0.4, -0.2) is 20.3 Å². The lowest BCUT2D eigenvalue weighted by atomic mass is 10.1. The summed E-state index contributed by atoms with van der Waals surface area (Å²) in [5.41, 5.74) is 3.61. The molecule has 0 saturated carbocycles. The number of nitro groups is 1. The number of carbonyl (C=O) groups excluding carboxylic acids is 1. The molecule has 3 rings (SSSR count). The van der Waals surface area contributed by atoms with Crippen molar-refractivity contribution in [3.63, 3.8) is 0 Å². The molecule has 7 nitrogen and oxygen atoms in total. The third kappa shape index (κ3) is 3.08. The van der Waals surface area contributed by atoms with Gasteiger partial charge in [-0.05, 0) is 37.6 Å². The van der Waals surface area contributed by atoms with Gasteiger partial charge in [0.15, 0.2) is 5.78 Å². The Morgan fingerprint density at radius 1 is 1.32 bits per heavy atom. The molecule has 7 heteroatoms. The first-order valence-corrected chi connectivity index (χ1v) is 7.82. The number of imidazole rings is 1. The molecule has 0 atom stereocenters. The summed E-state index contributed by atoms with van der Waals surface area (Å²) in [4.78, 5) is 26.8. The molecule has 0 saturated heterocycles. The fourth-order valence-electron chi connectivity index (χ4n) is 2.90. The Morgan fingerprint density at radius 3 is 2.72 bits per heavy atom. The van der Waals surface area contributed by atoms with Crippen molar-refractivity contribution in [2.45, 2.75) is 20.4 Å². The second-order valence-corrected chi connectivity index (χ2v) is 5.93. The number of carbonyl (C=O) groups is 1. The molecule has 0 radical (unpaired) electrons. The molecule has 0 aliphatic carbocycles. The Kier molecular flexibility index (Phi) is 4.22. The molecule has 128 valence electrons. The maximum absolute atomic E-state index is 11.4. The number of nitrogens with zero attached hydrogens (tertiary/aromatic N) is 3. The molecule has 0 aliphatic rings. The largest absolute Gasteiger partial charge is 0.372 e. The molecule has 0 bridgehead atoms. The number of aromatic nitrogens is 2. The van der Waals surface area contributed by atoms with Gasteiger partial charge < -0.3 is 9.88 Å². The van der Waals surface area contributed by atoms with Crippen LogP contribution in [-0.2, 0) is 13.6 Å². The molecule has 0 amide bonds. The molecule has 1 aromatic heterocycles. The number of fused-ring (bicyclic) bond motifs is 1. The van der Waals surface area contributed by atoms with Crippen LogP contribution >= 0.6 is 0 Å². The van der Waals surface area contributed by atoms with E-state index in [1.807, 2.05) is 36.7 Å². The second kappa shape index (κ2) is 6.35. The number of hydrogen-bond donors (Lipinski definition) is 1. The van der Waals surface area contributed by atoms with Crippen LogP contribution in [0.2, 0.25) is 0 Å². The van der Waals surface area contributed by atoms with Gasteiger partial charge in [-0.3, -0.25) is 14.9 Å². The first-order valence-electron chi connectivity index (χ1n) is 7.82. The average Bonchev–Trinajstić information content (AvgIpc) is 2.90. The fraction of sp³-hybridized carbons (Fsp3) is 0.222. The van der Waals surface area contributed by atoms with Crippen LogP contribution in [0.15, 0.2) is 36.4 Å². The maximum Gasteiger partial charge on any atom is 0.293 e. The van der Waals surface area contributed by atoms with Crippen LogP contribution in [0.4, 0.5) is 11.4 Å². The van der Waals surface area contributed by atoms with Gasteiger partial charge in [-0.15, -0.1) is 0 Å². The zero-order valence-electron chi connectivity index (χ0n) is 14.2. The Bertz CT molecular complexity index is 991. The minimum Gasteiger partial charge on any atom is -0.372 e. The van der Waals surface area contributed by atoms with Crippen molar-refractivity contribution in [2.75, 3.05) is 5.32 Å². The van der Waals surface area contributed by atoms with Gasteiger partial charge in [0.1, 0.15) is 11.5 Å². The minimum absolute atomic E-state index is 0.123. The zero-order chi connectivity index (χ0) is 18.1. The van der Waals surface area contributed by atoms with E-state index < -0.39 is 4.92 Å². The average molecular weight is 338 g/mol. The highest BCUT2D eigenvalue weighted by Gasteiger charge is 2.17. The van der Waals surface area contributed by atoms with Crippen molar-refractivity contribution < 1.29 is 9.72 Å². The molecule has 0 spiro atoms. The van der Waals surface area contributed by atoms with Gasteiger partial charge in [0, 0.05) is 18.7 Å². The summed E-state index contributed by atoms with van der Waals surface area (Å²) >= 11 is 0. The van der Waals surface area contributed by atoms with Gasteiger partial charge in [-0.2, -0.15) is 0 Å². The summed E-state index contributed by atoms with van der Waals surface area (Å²) in [6.45, 7) is 3.74.